The predicted molar refractivity (Wildman–Crippen MR) is 103 cm³/mol. The van der Waals surface area contributed by atoms with Gasteiger partial charge in [-0.25, -0.2) is 4.98 Å². The van der Waals surface area contributed by atoms with Crippen molar-refractivity contribution in [1.82, 2.24) is 9.55 Å². The fourth-order valence-electron chi connectivity index (χ4n) is 3.39. The van der Waals surface area contributed by atoms with Crippen LogP contribution in [0.1, 0.15) is 77.0 Å². The number of hydrogen-bond donors (Lipinski definition) is 0. The highest BCUT2D eigenvalue weighted by Gasteiger charge is 2.08. The number of aromatic nitrogens is 2. The summed E-state index contributed by atoms with van der Waals surface area (Å²) in [6.45, 7) is 5.44. The number of hydrogen-bond acceptors (Lipinski definition) is 2. The molecule has 0 saturated heterocycles. The Bertz CT molecular complexity index is 603. The predicted octanol–water partition coefficient (Wildman–Crippen LogP) is 6.27. The smallest absolute Gasteiger partial charge is 0.121 e. The first-order valence-electron chi connectivity index (χ1n) is 9.77. The molecule has 24 heavy (non-hydrogen) atoms. The van der Waals surface area contributed by atoms with Crippen LogP contribution in [-0.2, 0) is 6.54 Å². The molecule has 0 aliphatic rings. The van der Waals surface area contributed by atoms with Crippen molar-refractivity contribution < 1.29 is 4.74 Å². The zero-order chi connectivity index (χ0) is 17.2. The van der Waals surface area contributed by atoms with E-state index in [1.165, 1.54) is 69.7 Å². The molecule has 3 nitrogen and oxygen atoms in total. The van der Waals surface area contributed by atoms with Gasteiger partial charge in [-0.3, -0.25) is 0 Å². The second kappa shape index (κ2) is 10.4. The quantitative estimate of drug-likeness (QED) is 0.429. The van der Waals surface area contributed by atoms with Crippen molar-refractivity contribution in [2.45, 2.75) is 84.6 Å². The summed E-state index contributed by atoms with van der Waals surface area (Å²) in [5, 5.41) is 0. The Morgan fingerprint density at radius 2 is 1.54 bits per heavy atom. The number of nitrogens with zero attached hydrogens (tertiary/aromatic N) is 2. The van der Waals surface area contributed by atoms with Gasteiger partial charge in [0.2, 0.25) is 0 Å². The van der Waals surface area contributed by atoms with E-state index in [1.807, 2.05) is 6.07 Å². The van der Waals surface area contributed by atoms with Crippen LogP contribution < -0.4 is 4.74 Å². The fraction of sp³-hybridized carbons (Fsp3) is 0.667. The van der Waals surface area contributed by atoms with Crippen LogP contribution in [0.25, 0.3) is 11.0 Å². The molecule has 0 saturated carbocycles. The highest BCUT2D eigenvalue weighted by atomic mass is 16.5. The summed E-state index contributed by atoms with van der Waals surface area (Å²) in [6.07, 6.45) is 13.7. The topological polar surface area (TPSA) is 27.1 Å². The van der Waals surface area contributed by atoms with Gasteiger partial charge in [0.1, 0.15) is 11.6 Å². The monoisotopic (exact) mass is 330 g/mol. The maximum Gasteiger partial charge on any atom is 0.121 e. The Hall–Kier alpha value is -1.51. The molecule has 0 bridgehead atoms. The van der Waals surface area contributed by atoms with Crippen LogP contribution in [0.2, 0.25) is 0 Å². The molecule has 2 aromatic rings. The van der Waals surface area contributed by atoms with Gasteiger partial charge in [-0.2, -0.15) is 0 Å². The van der Waals surface area contributed by atoms with Crippen molar-refractivity contribution in [1.29, 1.82) is 0 Å². The van der Waals surface area contributed by atoms with Gasteiger partial charge >= 0.3 is 0 Å². The summed E-state index contributed by atoms with van der Waals surface area (Å²) in [5.41, 5.74) is 2.27. The van der Waals surface area contributed by atoms with E-state index in [2.05, 4.69) is 35.5 Å². The number of fused-ring (bicyclic) bond motifs is 1. The molecule has 134 valence electrons. The Morgan fingerprint density at radius 3 is 2.17 bits per heavy atom. The van der Waals surface area contributed by atoms with E-state index in [-0.39, 0.29) is 0 Å². The maximum absolute atomic E-state index is 5.35. The number of ether oxygens (including phenoxy) is 1. The van der Waals surface area contributed by atoms with Gasteiger partial charge in [-0.15, -0.1) is 0 Å². The first-order chi connectivity index (χ1) is 11.8. The average Bonchev–Trinajstić information content (AvgIpc) is 2.91. The van der Waals surface area contributed by atoms with Crippen molar-refractivity contribution in [3.05, 3.63) is 24.0 Å². The molecule has 0 aliphatic heterocycles. The highest BCUT2D eigenvalue weighted by molar-refractivity contribution is 5.77. The third-order valence-corrected chi connectivity index (χ3v) is 4.88. The molecule has 3 heteroatoms. The van der Waals surface area contributed by atoms with Crippen molar-refractivity contribution in [2.75, 3.05) is 7.11 Å². The van der Waals surface area contributed by atoms with Crippen LogP contribution in [0, 0.1) is 6.92 Å². The molecular weight excluding hydrogens is 296 g/mol. The van der Waals surface area contributed by atoms with Crippen LogP contribution in [0.4, 0.5) is 0 Å². The number of methoxy groups -OCH3 is 1. The van der Waals surface area contributed by atoms with E-state index in [0.717, 1.165) is 23.6 Å². The molecule has 0 spiro atoms. The van der Waals surface area contributed by atoms with Crippen LogP contribution >= 0.6 is 0 Å². The van der Waals surface area contributed by atoms with Crippen molar-refractivity contribution in [2.24, 2.45) is 0 Å². The Balaban J connectivity index is 1.69. The molecule has 1 heterocycles. The lowest BCUT2D eigenvalue weighted by Crippen LogP contribution is -2.00. The van der Waals surface area contributed by atoms with Gasteiger partial charge in [-0.05, 0) is 25.5 Å². The number of unbranched alkanes of at least 4 members (excludes halogenated alkanes) is 9. The zero-order valence-electron chi connectivity index (χ0n) is 15.8. The summed E-state index contributed by atoms with van der Waals surface area (Å²) in [5.74, 6) is 2.01. The molecule has 1 aromatic heterocycles. The van der Waals surface area contributed by atoms with Crippen LogP contribution in [-0.4, -0.2) is 16.7 Å². The third-order valence-electron chi connectivity index (χ3n) is 4.88. The molecule has 2 rings (SSSR count). The zero-order valence-corrected chi connectivity index (χ0v) is 15.8. The summed E-state index contributed by atoms with van der Waals surface area (Å²) in [6, 6.07) is 6.14. The van der Waals surface area contributed by atoms with E-state index in [0.29, 0.717) is 0 Å². The van der Waals surface area contributed by atoms with E-state index in [9.17, 15) is 0 Å². The van der Waals surface area contributed by atoms with E-state index in [1.54, 1.807) is 7.11 Å². The number of benzene rings is 1. The van der Waals surface area contributed by atoms with E-state index in [4.69, 9.17) is 4.74 Å². The first-order valence-corrected chi connectivity index (χ1v) is 9.77. The van der Waals surface area contributed by atoms with Crippen molar-refractivity contribution in [3.8, 4) is 5.75 Å². The average molecular weight is 331 g/mol. The second-order valence-electron chi connectivity index (χ2n) is 6.85. The van der Waals surface area contributed by atoms with Crippen LogP contribution in [0.5, 0.6) is 5.75 Å². The Kier molecular flexibility index (Phi) is 8.14. The Morgan fingerprint density at radius 1 is 0.917 bits per heavy atom. The standard InChI is InChI=1S/C21H34N2O/c1-4-5-6-7-8-9-10-11-12-13-16-23-18(2)22-20-15-14-19(24-3)17-21(20)23/h14-15,17H,4-13,16H2,1-3H3. The maximum atomic E-state index is 5.35. The summed E-state index contributed by atoms with van der Waals surface area (Å²) >= 11 is 0. The van der Waals surface area contributed by atoms with Gasteiger partial charge in [0, 0.05) is 12.6 Å². The summed E-state index contributed by atoms with van der Waals surface area (Å²) in [4.78, 5) is 4.66. The number of imidazole rings is 1. The normalized spacial score (nSPS) is 11.3. The largest absolute Gasteiger partial charge is 0.497 e. The summed E-state index contributed by atoms with van der Waals surface area (Å²) in [7, 11) is 1.72. The molecule has 0 unspecified atom stereocenters. The molecule has 0 fully saturated rings. The number of aryl methyl sites for hydroxylation is 2. The van der Waals surface area contributed by atoms with Crippen molar-refractivity contribution in [3.63, 3.8) is 0 Å². The lowest BCUT2D eigenvalue weighted by atomic mass is 10.1. The fourth-order valence-corrected chi connectivity index (χ4v) is 3.39. The molecule has 0 amide bonds. The van der Waals surface area contributed by atoms with Crippen molar-refractivity contribution >= 4 is 11.0 Å². The molecule has 0 radical (unpaired) electrons. The van der Waals surface area contributed by atoms with Gasteiger partial charge < -0.3 is 9.30 Å². The van der Waals surface area contributed by atoms with Crippen LogP contribution in [0.15, 0.2) is 18.2 Å². The molecule has 1 aromatic carbocycles. The van der Waals surface area contributed by atoms with Gasteiger partial charge in [-0.1, -0.05) is 64.7 Å². The number of rotatable bonds is 12. The molecule has 0 N–H and O–H groups in total. The van der Waals surface area contributed by atoms with E-state index >= 15 is 0 Å². The minimum Gasteiger partial charge on any atom is -0.497 e. The summed E-state index contributed by atoms with van der Waals surface area (Å²) < 4.78 is 7.69. The van der Waals surface area contributed by atoms with Crippen LogP contribution in [0.3, 0.4) is 0 Å². The second-order valence-corrected chi connectivity index (χ2v) is 6.85. The molecular formula is C21H34N2O. The minimum atomic E-state index is 0.909. The van der Waals surface area contributed by atoms with Gasteiger partial charge in [0.05, 0.1) is 18.1 Å². The molecule has 0 aliphatic carbocycles. The minimum absolute atomic E-state index is 0.909. The van der Waals surface area contributed by atoms with E-state index < -0.39 is 0 Å². The first kappa shape index (κ1) is 18.8. The van der Waals surface area contributed by atoms with Gasteiger partial charge in [0.15, 0.2) is 0 Å². The molecule has 0 atom stereocenters. The SMILES string of the molecule is CCCCCCCCCCCCn1c(C)nc2ccc(OC)cc21. The van der Waals surface area contributed by atoms with Gasteiger partial charge in [0.25, 0.3) is 0 Å². The lowest BCUT2D eigenvalue weighted by Gasteiger charge is -2.08. The lowest BCUT2D eigenvalue weighted by molar-refractivity contribution is 0.415. The third kappa shape index (κ3) is 5.54. The Labute approximate surface area is 147 Å². The highest BCUT2D eigenvalue weighted by Crippen LogP contribution is 2.22.